The van der Waals surface area contributed by atoms with Crippen LogP contribution in [0.2, 0.25) is 0 Å². The van der Waals surface area contributed by atoms with Crippen LogP contribution in [0.4, 0.5) is 10.8 Å². The molecular formula is C17H15N3O3S2. The lowest BCUT2D eigenvalue weighted by Gasteiger charge is -2.15. The van der Waals surface area contributed by atoms with Gasteiger partial charge in [0, 0.05) is 27.1 Å². The van der Waals surface area contributed by atoms with Gasteiger partial charge in [-0.1, -0.05) is 6.92 Å². The van der Waals surface area contributed by atoms with Crippen LogP contribution in [0.5, 0.6) is 0 Å². The predicted octanol–water partition coefficient (Wildman–Crippen LogP) is 4.64. The number of hydrogen-bond donors (Lipinski definition) is 1. The first kappa shape index (κ1) is 16.2. The Morgan fingerprint density at radius 1 is 1.36 bits per heavy atom. The Bertz CT molecular complexity index is 992. The molecule has 1 amide bonds. The molecule has 0 radical (unpaired) electrons. The van der Waals surface area contributed by atoms with E-state index >= 15 is 0 Å². The Morgan fingerprint density at radius 3 is 3.00 bits per heavy atom. The third-order valence-corrected chi connectivity index (χ3v) is 6.49. The molecule has 0 spiro atoms. The van der Waals surface area contributed by atoms with Gasteiger partial charge in [-0.05, 0) is 37.3 Å². The van der Waals surface area contributed by atoms with Gasteiger partial charge in [-0.3, -0.25) is 20.2 Å². The van der Waals surface area contributed by atoms with E-state index in [0.717, 1.165) is 29.7 Å². The zero-order valence-corrected chi connectivity index (χ0v) is 15.1. The van der Waals surface area contributed by atoms with Crippen molar-refractivity contribution in [3.8, 4) is 0 Å². The summed E-state index contributed by atoms with van der Waals surface area (Å²) < 4.78 is 0.850. The van der Waals surface area contributed by atoms with Gasteiger partial charge in [-0.15, -0.1) is 22.7 Å². The van der Waals surface area contributed by atoms with Crippen LogP contribution >= 0.6 is 22.7 Å². The molecule has 25 heavy (non-hydrogen) atoms. The van der Waals surface area contributed by atoms with Gasteiger partial charge in [-0.25, -0.2) is 4.98 Å². The second-order valence-electron chi connectivity index (χ2n) is 6.28. The quantitative estimate of drug-likeness (QED) is 0.535. The number of nitrogens with one attached hydrogen (secondary N) is 1. The van der Waals surface area contributed by atoms with Gasteiger partial charge in [-0.2, -0.15) is 0 Å². The highest BCUT2D eigenvalue weighted by Crippen LogP contribution is 2.33. The van der Waals surface area contributed by atoms with E-state index in [0.29, 0.717) is 21.3 Å². The Morgan fingerprint density at radius 2 is 2.20 bits per heavy atom. The van der Waals surface area contributed by atoms with Gasteiger partial charge in [0.05, 0.1) is 15.5 Å². The van der Waals surface area contributed by atoms with E-state index in [1.54, 1.807) is 23.5 Å². The van der Waals surface area contributed by atoms with Crippen molar-refractivity contribution in [2.75, 3.05) is 5.32 Å². The van der Waals surface area contributed by atoms with Crippen LogP contribution in [0, 0.1) is 16.0 Å². The first-order chi connectivity index (χ1) is 12.0. The summed E-state index contributed by atoms with van der Waals surface area (Å²) in [6.45, 7) is 2.23. The number of nitrogens with zero attached hydrogens (tertiary/aromatic N) is 2. The number of benzene rings is 1. The summed E-state index contributed by atoms with van der Waals surface area (Å²) in [6.07, 6.45) is 3.13. The molecule has 0 fully saturated rings. The maximum absolute atomic E-state index is 12.5. The average Bonchev–Trinajstić information content (AvgIpc) is 3.16. The van der Waals surface area contributed by atoms with Crippen molar-refractivity contribution in [2.45, 2.75) is 26.2 Å². The van der Waals surface area contributed by atoms with Gasteiger partial charge in [0.25, 0.3) is 11.6 Å². The van der Waals surface area contributed by atoms with E-state index in [1.165, 1.54) is 28.3 Å². The minimum atomic E-state index is -0.433. The largest absolute Gasteiger partial charge is 0.297 e. The number of carbonyl (C=O) groups excluding carboxylic acids is 1. The highest BCUT2D eigenvalue weighted by molar-refractivity contribution is 7.21. The molecule has 1 aliphatic carbocycles. The van der Waals surface area contributed by atoms with E-state index in [4.69, 9.17) is 0 Å². The minimum Gasteiger partial charge on any atom is -0.297 e. The third-order valence-electron chi connectivity index (χ3n) is 4.34. The van der Waals surface area contributed by atoms with E-state index in [1.807, 2.05) is 0 Å². The van der Waals surface area contributed by atoms with Crippen molar-refractivity contribution in [1.82, 2.24) is 4.98 Å². The molecule has 2 heterocycles. The number of aryl methyl sites for hydroxylation is 1. The molecule has 0 bridgehead atoms. The molecule has 4 rings (SSSR count). The maximum Gasteiger partial charge on any atom is 0.270 e. The zero-order valence-electron chi connectivity index (χ0n) is 13.4. The fourth-order valence-electron chi connectivity index (χ4n) is 3.01. The second-order valence-corrected chi connectivity index (χ2v) is 8.45. The lowest BCUT2D eigenvalue weighted by atomic mass is 9.93. The highest BCUT2D eigenvalue weighted by Gasteiger charge is 2.21. The molecule has 0 unspecified atom stereocenters. The number of nitro benzene ring substituents is 1. The molecule has 1 atom stereocenters. The number of fused-ring (bicyclic) bond motifs is 2. The molecular weight excluding hydrogens is 358 g/mol. The van der Waals surface area contributed by atoms with Crippen LogP contribution in [-0.2, 0) is 12.8 Å². The summed E-state index contributed by atoms with van der Waals surface area (Å²) in [6, 6.07) is 6.32. The number of thiazole rings is 1. The number of aromatic nitrogens is 1. The molecule has 8 heteroatoms. The molecule has 1 aromatic carbocycles. The third kappa shape index (κ3) is 3.14. The zero-order chi connectivity index (χ0) is 17.6. The van der Waals surface area contributed by atoms with Crippen LogP contribution in [0.1, 0.15) is 33.6 Å². The first-order valence-electron chi connectivity index (χ1n) is 7.97. The lowest BCUT2D eigenvalue weighted by Crippen LogP contribution is -2.10. The maximum atomic E-state index is 12.5. The van der Waals surface area contributed by atoms with Crippen LogP contribution in [0.3, 0.4) is 0 Å². The van der Waals surface area contributed by atoms with E-state index in [-0.39, 0.29) is 11.6 Å². The van der Waals surface area contributed by atoms with E-state index in [2.05, 4.69) is 17.2 Å². The fraction of sp³-hybridized carbons (Fsp3) is 0.294. The number of amides is 1. The van der Waals surface area contributed by atoms with Crippen LogP contribution < -0.4 is 5.32 Å². The molecule has 0 saturated heterocycles. The molecule has 6 nitrogen and oxygen atoms in total. The summed E-state index contributed by atoms with van der Waals surface area (Å²) in [5.74, 6) is 0.442. The van der Waals surface area contributed by atoms with Gasteiger partial charge in [0.1, 0.15) is 0 Å². The number of non-ortho nitro benzene ring substituents is 1. The molecule has 1 N–H and O–H groups in total. The van der Waals surface area contributed by atoms with Crippen molar-refractivity contribution in [2.24, 2.45) is 5.92 Å². The second kappa shape index (κ2) is 6.20. The molecule has 0 saturated carbocycles. The average molecular weight is 373 g/mol. The van der Waals surface area contributed by atoms with Crippen molar-refractivity contribution in [3.63, 3.8) is 0 Å². The smallest absolute Gasteiger partial charge is 0.270 e. The molecule has 3 aromatic rings. The number of hydrogen-bond acceptors (Lipinski definition) is 6. The SMILES string of the molecule is C[C@H]1CCc2nc(NC(=O)c3cc4cc([N+](=O)[O-])ccc4s3)sc2C1. The Hall–Kier alpha value is -2.32. The lowest BCUT2D eigenvalue weighted by molar-refractivity contribution is -0.384. The summed E-state index contributed by atoms with van der Waals surface area (Å²) in [5, 5.41) is 15.1. The Balaban J connectivity index is 1.57. The number of anilines is 1. The summed E-state index contributed by atoms with van der Waals surface area (Å²) in [5.41, 5.74) is 1.13. The highest BCUT2D eigenvalue weighted by atomic mass is 32.1. The van der Waals surface area contributed by atoms with Crippen molar-refractivity contribution < 1.29 is 9.72 Å². The van der Waals surface area contributed by atoms with Gasteiger partial charge in [0.2, 0.25) is 0 Å². The first-order valence-corrected chi connectivity index (χ1v) is 9.61. The summed E-state index contributed by atoms with van der Waals surface area (Å²) in [7, 11) is 0. The number of carbonyl (C=O) groups is 1. The van der Waals surface area contributed by atoms with Gasteiger partial charge >= 0.3 is 0 Å². The Labute approximate surface area is 151 Å². The minimum absolute atomic E-state index is 0.0268. The van der Waals surface area contributed by atoms with Crippen molar-refractivity contribution in [3.05, 3.63) is 49.8 Å². The standard InChI is InChI=1S/C17H15N3O3S2/c1-9-2-4-12-14(6-9)25-17(18-12)19-16(21)15-8-10-7-11(20(22)23)3-5-13(10)24-15/h3,5,7-9H,2,4,6H2,1H3,(H,18,19,21)/t9-/m0/s1. The van der Waals surface area contributed by atoms with E-state index < -0.39 is 4.92 Å². The normalized spacial score (nSPS) is 16.6. The molecule has 1 aliphatic rings. The van der Waals surface area contributed by atoms with Crippen LogP contribution in [0.15, 0.2) is 24.3 Å². The summed E-state index contributed by atoms with van der Waals surface area (Å²) in [4.78, 5) is 29.3. The number of rotatable bonds is 3. The molecule has 0 aliphatic heterocycles. The topological polar surface area (TPSA) is 85.1 Å². The number of nitro groups is 1. The van der Waals surface area contributed by atoms with Crippen molar-refractivity contribution >= 4 is 49.5 Å². The fourth-order valence-corrected chi connectivity index (χ4v) is 5.11. The van der Waals surface area contributed by atoms with Gasteiger partial charge < -0.3 is 0 Å². The molecule has 2 aromatic heterocycles. The molecule has 128 valence electrons. The summed E-state index contributed by atoms with van der Waals surface area (Å²) >= 11 is 2.87. The van der Waals surface area contributed by atoms with Crippen LogP contribution in [-0.4, -0.2) is 15.8 Å². The predicted molar refractivity (Wildman–Crippen MR) is 99.7 cm³/mol. The Kier molecular flexibility index (Phi) is 4.01. The van der Waals surface area contributed by atoms with E-state index in [9.17, 15) is 14.9 Å². The number of thiophene rings is 1. The van der Waals surface area contributed by atoms with Crippen LogP contribution in [0.25, 0.3) is 10.1 Å². The monoisotopic (exact) mass is 373 g/mol. The van der Waals surface area contributed by atoms with Crippen molar-refractivity contribution in [1.29, 1.82) is 0 Å². The van der Waals surface area contributed by atoms with Gasteiger partial charge in [0.15, 0.2) is 5.13 Å².